The van der Waals surface area contributed by atoms with Gasteiger partial charge in [0.25, 0.3) is 0 Å². The molecule has 0 spiro atoms. The van der Waals surface area contributed by atoms with Crippen molar-refractivity contribution in [2.75, 3.05) is 74.2 Å². The summed E-state index contributed by atoms with van der Waals surface area (Å²) >= 11 is 0. The van der Waals surface area contributed by atoms with Crippen molar-refractivity contribution in [1.29, 1.82) is 0 Å². The van der Waals surface area contributed by atoms with Crippen LogP contribution in [0.15, 0.2) is 29.3 Å². The molecule has 0 amide bonds. The summed E-state index contributed by atoms with van der Waals surface area (Å²) in [5, 5.41) is 6.92. The Morgan fingerprint density at radius 2 is 1.86 bits per heavy atom. The van der Waals surface area contributed by atoms with Crippen LogP contribution < -0.4 is 15.4 Å². The molecule has 1 heterocycles. The first-order valence-corrected chi connectivity index (χ1v) is 10.2. The maximum absolute atomic E-state index is 5.31. The smallest absolute Gasteiger partial charge is 0.191 e. The Balaban J connectivity index is 1.88. The molecule has 0 aromatic heterocycles. The lowest BCUT2D eigenvalue weighted by atomic mass is 10.1. The van der Waals surface area contributed by atoms with Crippen LogP contribution in [-0.4, -0.2) is 89.9 Å². The molecule has 1 aromatic carbocycles. The number of benzene rings is 1. The van der Waals surface area contributed by atoms with Crippen LogP contribution in [0.25, 0.3) is 0 Å². The van der Waals surface area contributed by atoms with Gasteiger partial charge in [-0.15, -0.1) is 0 Å². The highest BCUT2D eigenvalue weighted by atomic mass is 16.5. The topological polar surface area (TPSA) is 61.4 Å². The van der Waals surface area contributed by atoms with Crippen LogP contribution in [-0.2, 0) is 4.74 Å². The van der Waals surface area contributed by atoms with Gasteiger partial charge < -0.3 is 25.0 Å². The van der Waals surface area contributed by atoms with Crippen LogP contribution in [0.5, 0.6) is 5.75 Å². The van der Waals surface area contributed by atoms with Gasteiger partial charge in [-0.05, 0) is 50.7 Å². The summed E-state index contributed by atoms with van der Waals surface area (Å²) < 4.78 is 10.4. The summed E-state index contributed by atoms with van der Waals surface area (Å²) in [6, 6.07) is 8.76. The molecule has 7 nitrogen and oxygen atoms in total. The molecule has 1 aliphatic rings. The molecule has 1 unspecified atom stereocenters. The number of hydrogen-bond acceptors (Lipinski definition) is 5. The van der Waals surface area contributed by atoms with E-state index in [0.29, 0.717) is 6.04 Å². The summed E-state index contributed by atoms with van der Waals surface area (Å²) in [5.74, 6) is 1.74. The minimum absolute atomic E-state index is 0.330. The number of guanidine groups is 1. The van der Waals surface area contributed by atoms with Crippen molar-refractivity contribution >= 4 is 5.96 Å². The summed E-state index contributed by atoms with van der Waals surface area (Å²) in [5.41, 5.74) is 1.31. The number of likely N-dealkylation sites (N-methyl/N-ethyl adjacent to an activating group) is 1. The lowest BCUT2D eigenvalue weighted by Crippen LogP contribution is -2.44. The fourth-order valence-corrected chi connectivity index (χ4v) is 3.48. The zero-order valence-electron chi connectivity index (χ0n) is 17.9. The standard InChI is InChI=1S/C21H37N5O2/c1-22-21(23-11-14-25(2)15-16-27-3)24-17-20(26-12-5-6-13-26)18-7-9-19(28-4)10-8-18/h7-10,20H,5-6,11-17H2,1-4H3,(H2,22,23,24). The SMILES string of the molecule is CN=C(NCCN(C)CCOC)NCC(c1ccc(OC)cc1)N1CCCC1. The van der Waals surface area contributed by atoms with Crippen LogP contribution in [0.2, 0.25) is 0 Å². The van der Waals surface area contributed by atoms with E-state index >= 15 is 0 Å². The maximum Gasteiger partial charge on any atom is 0.191 e. The predicted molar refractivity (Wildman–Crippen MR) is 115 cm³/mol. The quantitative estimate of drug-likeness (QED) is 0.441. The second kappa shape index (κ2) is 12.6. The largest absolute Gasteiger partial charge is 0.497 e. The minimum Gasteiger partial charge on any atom is -0.497 e. The lowest BCUT2D eigenvalue weighted by Gasteiger charge is -2.29. The molecule has 1 atom stereocenters. The molecule has 28 heavy (non-hydrogen) atoms. The Labute approximate surface area is 170 Å². The van der Waals surface area contributed by atoms with E-state index in [4.69, 9.17) is 9.47 Å². The van der Waals surface area contributed by atoms with Crippen molar-refractivity contribution in [3.8, 4) is 5.75 Å². The predicted octanol–water partition coefficient (Wildman–Crippen LogP) is 1.58. The highest BCUT2D eigenvalue weighted by Gasteiger charge is 2.23. The molecule has 7 heteroatoms. The summed E-state index contributed by atoms with van der Waals surface area (Å²) in [4.78, 5) is 9.18. The number of likely N-dealkylation sites (tertiary alicyclic amines) is 1. The van der Waals surface area contributed by atoms with Crippen molar-refractivity contribution in [2.24, 2.45) is 4.99 Å². The molecule has 0 radical (unpaired) electrons. The van der Waals surface area contributed by atoms with E-state index in [0.717, 1.165) is 57.6 Å². The highest BCUT2D eigenvalue weighted by Crippen LogP contribution is 2.26. The third kappa shape index (κ3) is 7.30. The van der Waals surface area contributed by atoms with Gasteiger partial charge in [-0.2, -0.15) is 0 Å². The Morgan fingerprint density at radius 1 is 1.14 bits per heavy atom. The average molecular weight is 392 g/mol. The van der Waals surface area contributed by atoms with Crippen LogP contribution in [0.4, 0.5) is 0 Å². The summed E-state index contributed by atoms with van der Waals surface area (Å²) in [6.45, 7) is 6.59. The molecule has 1 aliphatic heterocycles. The van der Waals surface area contributed by atoms with Crippen LogP contribution in [0.1, 0.15) is 24.4 Å². The molecule has 0 bridgehead atoms. The number of rotatable bonds is 11. The van der Waals surface area contributed by atoms with Crippen molar-refractivity contribution < 1.29 is 9.47 Å². The van der Waals surface area contributed by atoms with Crippen LogP contribution >= 0.6 is 0 Å². The van der Waals surface area contributed by atoms with Gasteiger partial charge in [-0.25, -0.2) is 0 Å². The first-order chi connectivity index (χ1) is 13.7. The number of nitrogens with zero attached hydrogens (tertiary/aromatic N) is 3. The monoisotopic (exact) mass is 391 g/mol. The van der Waals surface area contributed by atoms with Gasteiger partial charge in [0, 0.05) is 40.3 Å². The third-order valence-electron chi connectivity index (χ3n) is 5.23. The first-order valence-electron chi connectivity index (χ1n) is 10.2. The van der Waals surface area contributed by atoms with Gasteiger partial charge in [0.05, 0.1) is 19.8 Å². The van der Waals surface area contributed by atoms with Gasteiger partial charge in [-0.3, -0.25) is 9.89 Å². The van der Waals surface area contributed by atoms with Gasteiger partial charge in [0.1, 0.15) is 5.75 Å². The molecule has 1 saturated heterocycles. The first kappa shape index (κ1) is 22.5. The van der Waals surface area contributed by atoms with Gasteiger partial charge >= 0.3 is 0 Å². The average Bonchev–Trinajstić information content (AvgIpc) is 3.26. The van der Waals surface area contributed by atoms with Crippen LogP contribution in [0.3, 0.4) is 0 Å². The number of aliphatic imine (C=N–C) groups is 1. The number of ether oxygens (including phenoxy) is 2. The normalized spacial score (nSPS) is 16.4. The zero-order valence-corrected chi connectivity index (χ0v) is 17.9. The molecule has 1 fully saturated rings. The molecule has 1 aromatic rings. The van der Waals surface area contributed by atoms with E-state index in [2.05, 4.69) is 44.6 Å². The minimum atomic E-state index is 0.330. The zero-order chi connectivity index (χ0) is 20.2. The fourth-order valence-electron chi connectivity index (χ4n) is 3.48. The fraction of sp³-hybridized carbons (Fsp3) is 0.667. The van der Waals surface area contributed by atoms with Crippen LogP contribution in [0, 0.1) is 0 Å². The maximum atomic E-state index is 5.31. The summed E-state index contributed by atoms with van der Waals surface area (Å²) in [7, 11) is 7.36. The van der Waals surface area contributed by atoms with Gasteiger partial charge in [0.2, 0.25) is 0 Å². The highest BCUT2D eigenvalue weighted by molar-refractivity contribution is 5.79. The Morgan fingerprint density at radius 3 is 2.46 bits per heavy atom. The summed E-state index contributed by atoms with van der Waals surface area (Å²) in [6.07, 6.45) is 2.54. The van der Waals surface area contributed by atoms with E-state index in [1.54, 1.807) is 14.2 Å². The Kier molecular flexibility index (Phi) is 10.1. The molecular weight excluding hydrogens is 354 g/mol. The second-order valence-electron chi connectivity index (χ2n) is 7.21. The molecule has 2 rings (SSSR count). The second-order valence-corrected chi connectivity index (χ2v) is 7.21. The van der Waals surface area contributed by atoms with Crippen molar-refractivity contribution in [3.05, 3.63) is 29.8 Å². The molecule has 0 aliphatic carbocycles. The van der Waals surface area contributed by atoms with Crippen molar-refractivity contribution in [1.82, 2.24) is 20.4 Å². The van der Waals surface area contributed by atoms with Gasteiger partial charge in [-0.1, -0.05) is 12.1 Å². The molecule has 0 saturated carbocycles. The van der Waals surface area contributed by atoms with Gasteiger partial charge in [0.15, 0.2) is 5.96 Å². The third-order valence-corrected chi connectivity index (χ3v) is 5.23. The number of hydrogen-bond donors (Lipinski definition) is 2. The van der Waals surface area contributed by atoms with E-state index in [1.807, 2.05) is 19.2 Å². The number of methoxy groups -OCH3 is 2. The van der Waals surface area contributed by atoms with Crippen molar-refractivity contribution in [2.45, 2.75) is 18.9 Å². The molecule has 2 N–H and O–H groups in total. The Hall–Kier alpha value is -1.83. The Bertz CT molecular complexity index is 573. The molecular formula is C21H37N5O2. The number of nitrogens with one attached hydrogen (secondary N) is 2. The van der Waals surface area contributed by atoms with E-state index in [-0.39, 0.29) is 0 Å². The van der Waals surface area contributed by atoms with E-state index < -0.39 is 0 Å². The lowest BCUT2D eigenvalue weighted by molar-refractivity contribution is 0.162. The van der Waals surface area contributed by atoms with E-state index in [9.17, 15) is 0 Å². The van der Waals surface area contributed by atoms with E-state index in [1.165, 1.54) is 18.4 Å². The van der Waals surface area contributed by atoms with Crippen molar-refractivity contribution in [3.63, 3.8) is 0 Å². The molecule has 158 valence electrons.